The summed E-state index contributed by atoms with van der Waals surface area (Å²) in [6.07, 6.45) is 3.18. The lowest BCUT2D eigenvalue weighted by Crippen LogP contribution is -2.48. The first-order chi connectivity index (χ1) is 9.60. The van der Waals surface area contributed by atoms with Crippen LogP contribution in [0.3, 0.4) is 0 Å². The monoisotopic (exact) mass is 277 g/mol. The van der Waals surface area contributed by atoms with Gasteiger partial charge in [-0.15, -0.1) is 0 Å². The molecule has 1 fully saturated rings. The zero-order valence-corrected chi connectivity index (χ0v) is 12.5. The molecule has 0 atom stereocenters. The van der Waals surface area contributed by atoms with Crippen LogP contribution in [0.1, 0.15) is 31.3 Å². The minimum atomic E-state index is -0.0237. The molecule has 1 aromatic heterocycles. The van der Waals surface area contributed by atoms with E-state index in [1.807, 2.05) is 18.7 Å². The largest absolute Gasteiger partial charge is 0.367 e. The van der Waals surface area contributed by atoms with Crippen molar-refractivity contribution in [3.63, 3.8) is 0 Å². The summed E-state index contributed by atoms with van der Waals surface area (Å²) in [6.45, 7) is 10.6. The van der Waals surface area contributed by atoms with Gasteiger partial charge in [-0.05, 0) is 20.4 Å². The Morgan fingerprint density at radius 3 is 2.45 bits per heavy atom. The van der Waals surface area contributed by atoms with Crippen LogP contribution in [0.5, 0.6) is 0 Å². The molecule has 1 aliphatic heterocycles. The molecule has 1 aromatic rings. The van der Waals surface area contributed by atoms with Crippen molar-refractivity contribution in [1.29, 1.82) is 0 Å². The summed E-state index contributed by atoms with van der Waals surface area (Å²) in [5.74, 6) is 0.678. The summed E-state index contributed by atoms with van der Waals surface area (Å²) in [5.41, 5.74) is 0.421. The molecule has 6 nitrogen and oxygen atoms in total. The number of hydrogen-bond donors (Lipinski definition) is 1. The van der Waals surface area contributed by atoms with E-state index in [9.17, 15) is 4.79 Å². The number of rotatable bonds is 4. The SMILES string of the molecule is CCN1CCN(C(=O)c2cnc(NC(C)C)cn2)CC1. The average Bonchev–Trinajstić information content (AvgIpc) is 2.47. The van der Waals surface area contributed by atoms with Gasteiger partial charge in [0, 0.05) is 32.2 Å². The van der Waals surface area contributed by atoms with Crippen molar-refractivity contribution in [1.82, 2.24) is 19.8 Å². The number of aromatic nitrogens is 2. The fourth-order valence-corrected chi connectivity index (χ4v) is 2.24. The Balaban J connectivity index is 1.95. The van der Waals surface area contributed by atoms with E-state index >= 15 is 0 Å². The van der Waals surface area contributed by atoms with Crippen LogP contribution in [0.25, 0.3) is 0 Å². The number of hydrogen-bond acceptors (Lipinski definition) is 5. The van der Waals surface area contributed by atoms with E-state index in [1.165, 1.54) is 0 Å². The molecule has 6 heteroatoms. The van der Waals surface area contributed by atoms with Crippen LogP contribution in [0.4, 0.5) is 5.82 Å². The van der Waals surface area contributed by atoms with E-state index in [0.717, 1.165) is 32.7 Å². The average molecular weight is 277 g/mol. The predicted octanol–water partition coefficient (Wildman–Crippen LogP) is 1.07. The number of carbonyl (C=O) groups excluding carboxylic acids is 1. The van der Waals surface area contributed by atoms with Gasteiger partial charge in [0.05, 0.1) is 12.4 Å². The molecule has 1 amide bonds. The molecule has 0 spiro atoms. The highest BCUT2D eigenvalue weighted by atomic mass is 16.2. The molecular weight excluding hydrogens is 254 g/mol. The Kier molecular flexibility index (Phi) is 4.89. The standard InChI is InChI=1S/C14H23N5O/c1-4-18-5-7-19(8-6-18)14(20)12-9-16-13(10-15-12)17-11(2)3/h9-11H,4-8H2,1-3H3,(H,16,17). The second-order valence-electron chi connectivity index (χ2n) is 5.31. The van der Waals surface area contributed by atoms with Gasteiger partial charge >= 0.3 is 0 Å². The lowest BCUT2D eigenvalue weighted by atomic mass is 10.3. The molecule has 1 saturated heterocycles. The second-order valence-corrected chi connectivity index (χ2v) is 5.31. The van der Waals surface area contributed by atoms with Crippen molar-refractivity contribution in [2.45, 2.75) is 26.8 Å². The lowest BCUT2D eigenvalue weighted by molar-refractivity contribution is 0.0637. The normalized spacial score (nSPS) is 16.5. The van der Waals surface area contributed by atoms with Crippen LogP contribution in [-0.2, 0) is 0 Å². The Morgan fingerprint density at radius 1 is 1.25 bits per heavy atom. The molecule has 2 heterocycles. The molecule has 20 heavy (non-hydrogen) atoms. The highest BCUT2D eigenvalue weighted by Gasteiger charge is 2.22. The van der Waals surface area contributed by atoms with Crippen LogP contribution >= 0.6 is 0 Å². The molecule has 0 radical (unpaired) electrons. The van der Waals surface area contributed by atoms with Gasteiger partial charge in [0.2, 0.25) is 0 Å². The van der Waals surface area contributed by atoms with E-state index in [4.69, 9.17) is 0 Å². The Labute approximate surface area is 120 Å². The van der Waals surface area contributed by atoms with Gasteiger partial charge in [-0.3, -0.25) is 4.79 Å². The van der Waals surface area contributed by atoms with Crippen molar-refractivity contribution >= 4 is 11.7 Å². The van der Waals surface area contributed by atoms with Gasteiger partial charge in [-0.25, -0.2) is 9.97 Å². The zero-order valence-electron chi connectivity index (χ0n) is 12.5. The number of piperazine rings is 1. The van der Waals surface area contributed by atoms with Crippen LogP contribution in [-0.4, -0.2) is 64.4 Å². The molecule has 0 unspecified atom stereocenters. The minimum absolute atomic E-state index is 0.0237. The van der Waals surface area contributed by atoms with Crippen molar-refractivity contribution in [2.24, 2.45) is 0 Å². The van der Waals surface area contributed by atoms with Crippen molar-refractivity contribution < 1.29 is 4.79 Å². The minimum Gasteiger partial charge on any atom is -0.367 e. The first kappa shape index (κ1) is 14.7. The van der Waals surface area contributed by atoms with E-state index in [-0.39, 0.29) is 5.91 Å². The summed E-state index contributed by atoms with van der Waals surface area (Å²) in [5, 5.41) is 3.16. The lowest BCUT2D eigenvalue weighted by Gasteiger charge is -2.33. The third-order valence-corrected chi connectivity index (χ3v) is 3.41. The molecule has 2 rings (SSSR count). The van der Waals surface area contributed by atoms with E-state index < -0.39 is 0 Å². The molecule has 0 aliphatic carbocycles. The number of likely N-dealkylation sites (N-methyl/N-ethyl adjacent to an activating group) is 1. The number of nitrogens with one attached hydrogen (secondary N) is 1. The molecule has 1 aliphatic rings. The zero-order chi connectivity index (χ0) is 14.5. The summed E-state index contributed by atoms with van der Waals surface area (Å²) in [4.78, 5) is 25.0. The first-order valence-electron chi connectivity index (χ1n) is 7.20. The van der Waals surface area contributed by atoms with Gasteiger partial charge in [-0.2, -0.15) is 0 Å². The van der Waals surface area contributed by atoms with Gasteiger partial charge < -0.3 is 15.1 Å². The maximum Gasteiger partial charge on any atom is 0.274 e. The Bertz CT molecular complexity index is 437. The van der Waals surface area contributed by atoms with Gasteiger partial charge in [-0.1, -0.05) is 6.92 Å². The topological polar surface area (TPSA) is 61.4 Å². The van der Waals surface area contributed by atoms with Crippen molar-refractivity contribution in [2.75, 3.05) is 38.0 Å². The molecule has 1 N–H and O–H groups in total. The van der Waals surface area contributed by atoms with Crippen LogP contribution in [0, 0.1) is 0 Å². The van der Waals surface area contributed by atoms with Gasteiger partial charge in [0.1, 0.15) is 11.5 Å². The summed E-state index contributed by atoms with van der Waals surface area (Å²) in [6, 6.07) is 0.299. The highest BCUT2D eigenvalue weighted by Crippen LogP contribution is 2.08. The van der Waals surface area contributed by atoms with Crippen LogP contribution in [0.15, 0.2) is 12.4 Å². The highest BCUT2D eigenvalue weighted by molar-refractivity contribution is 5.92. The summed E-state index contributed by atoms with van der Waals surface area (Å²) >= 11 is 0. The molecular formula is C14H23N5O. The molecule has 0 aromatic carbocycles. The van der Waals surface area contributed by atoms with Crippen LogP contribution in [0.2, 0.25) is 0 Å². The number of anilines is 1. The quantitative estimate of drug-likeness (QED) is 0.892. The fraction of sp³-hybridized carbons (Fsp3) is 0.643. The van der Waals surface area contributed by atoms with Crippen LogP contribution < -0.4 is 5.32 Å². The molecule has 0 bridgehead atoms. The van der Waals surface area contributed by atoms with Gasteiger partial charge in [0.15, 0.2) is 0 Å². The predicted molar refractivity (Wildman–Crippen MR) is 78.8 cm³/mol. The Hall–Kier alpha value is -1.69. The van der Waals surface area contributed by atoms with E-state index in [0.29, 0.717) is 17.6 Å². The van der Waals surface area contributed by atoms with Crippen molar-refractivity contribution in [3.05, 3.63) is 18.1 Å². The first-order valence-corrected chi connectivity index (χ1v) is 7.20. The summed E-state index contributed by atoms with van der Waals surface area (Å²) in [7, 11) is 0. The molecule has 110 valence electrons. The third kappa shape index (κ3) is 3.66. The Morgan fingerprint density at radius 2 is 1.95 bits per heavy atom. The maximum atomic E-state index is 12.3. The number of nitrogens with zero attached hydrogens (tertiary/aromatic N) is 4. The third-order valence-electron chi connectivity index (χ3n) is 3.41. The second kappa shape index (κ2) is 6.65. The van der Waals surface area contributed by atoms with Gasteiger partial charge in [0.25, 0.3) is 5.91 Å². The fourth-order valence-electron chi connectivity index (χ4n) is 2.24. The van der Waals surface area contributed by atoms with E-state index in [2.05, 4.69) is 27.1 Å². The number of carbonyl (C=O) groups is 1. The molecule has 0 saturated carbocycles. The van der Waals surface area contributed by atoms with Crippen molar-refractivity contribution in [3.8, 4) is 0 Å². The smallest absolute Gasteiger partial charge is 0.274 e. The van der Waals surface area contributed by atoms with E-state index in [1.54, 1.807) is 12.4 Å². The number of amides is 1. The maximum absolute atomic E-state index is 12.3. The summed E-state index contributed by atoms with van der Waals surface area (Å²) < 4.78 is 0.